The molecule has 2 aromatic carbocycles. The van der Waals surface area contributed by atoms with Gasteiger partial charge >= 0.3 is 0 Å². The first kappa shape index (κ1) is 18.7. The van der Waals surface area contributed by atoms with Crippen LogP contribution in [-0.4, -0.2) is 48.4 Å². The predicted octanol–water partition coefficient (Wildman–Crippen LogP) is 3.34. The maximum atomic E-state index is 12.6. The number of hydrogen-bond donors (Lipinski definition) is 1. The molecule has 0 unspecified atom stereocenters. The van der Waals surface area contributed by atoms with E-state index in [4.69, 9.17) is 0 Å². The summed E-state index contributed by atoms with van der Waals surface area (Å²) in [7, 11) is 0. The van der Waals surface area contributed by atoms with E-state index < -0.39 is 0 Å². The van der Waals surface area contributed by atoms with Crippen molar-refractivity contribution in [2.24, 2.45) is 0 Å². The van der Waals surface area contributed by atoms with Gasteiger partial charge in [0, 0.05) is 50.5 Å². The van der Waals surface area contributed by atoms with Gasteiger partial charge in [-0.25, -0.2) is 0 Å². The number of halogens is 1. The fraction of sp³-hybridized carbons (Fsp3) is 0.381. The molecule has 0 aliphatic carbocycles. The van der Waals surface area contributed by atoms with E-state index in [-0.39, 0.29) is 18.3 Å². The second-order valence-corrected chi connectivity index (χ2v) is 7.06. The summed E-state index contributed by atoms with van der Waals surface area (Å²) in [5.41, 5.74) is 6.13. The predicted molar refractivity (Wildman–Crippen MR) is 108 cm³/mol. The molecule has 0 aromatic heterocycles. The molecule has 2 aliphatic heterocycles. The van der Waals surface area contributed by atoms with Gasteiger partial charge in [-0.2, -0.15) is 0 Å². The minimum absolute atomic E-state index is 0. The van der Waals surface area contributed by atoms with Gasteiger partial charge in [0.05, 0.1) is 0 Å². The second-order valence-electron chi connectivity index (χ2n) is 7.06. The van der Waals surface area contributed by atoms with Gasteiger partial charge in [-0.15, -0.1) is 12.4 Å². The highest BCUT2D eigenvalue weighted by Gasteiger charge is 2.23. The quantitative estimate of drug-likeness (QED) is 0.898. The van der Waals surface area contributed by atoms with Crippen LogP contribution in [0.2, 0.25) is 0 Å². The van der Waals surface area contributed by atoms with Gasteiger partial charge in [0.25, 0.3) is 5.91 Å². The third kappa shape index (κ3) is 3.87. The van der Waals surface area contributed by atoms with Gasteiger partial charge in [0.1, 0.15) is 0 Å². The van der Waals surface area contributed by atoms with Gasteiger partial charge in [-0.05, 0) is 36.6 Å². The molecule has 1 N–H and O–H groups in total. The Morgan fingerprint density at radius 2 is 1.77 bits per heavy atom. The summed E-state index contributed by atoms with van der Waals surface area (Å²) in [5.74, 6) is 0.155. The van der Waals surface area contributed by atoms with Crippen LogP contribution < -0.4 is 5.32 Å². The Morgan fingerprint density at radius 3 is 2.50 bits per heavy atom. The molecule has 26 heavy (non-hydrogen) atoms. The summed E-state index contributed by atoms with van der Waals surface area (Å²) < 4.78 is 0. The van der Waals surface area contributed by atoms with Gasteiger partial charge < -0.3 is 10.2 Å². The van der Waals surface area contributed by atoms with E-state index in [0.717, 1.165) is 51.3 Å². The van der Waals surface area contributed by atoms with Crippen molar-refractivity contribution in [2.45, 2.75) is 19.9 Å². The molecule has 1 fully saturated rings. The van der Waals surface area contributed by atoms with E-state index in [2.05, 4.69) is 28.4 Å². The Balaban J connectivity index is 0.00000196. The smallest absolute Gasteiger partial charge is 0.253 e. The van der Waals surface area contributed by atoms with Crippen LogP contribution in [0, 0.1) is 6.92 Å². The van der Waals surface area contributed by atoms with E-state index in [9.17, 15) is 4.79 Å². The zero-order chi connectivity index (χ0) is 17.2. The topological polar surface area (TPSA) is 35.6 Å². The van der Waals surface area contributed by atoms with Crippen molar-refractivity contribution in [3.8, 4) is 0 Å². The lowest BCUT2D eigenvalue weighted by Gasteiger charge is -2.35. The van der Waals surface area contributed by atoms with Crippen molar-refractivity contribution in [1.29, 1.82) is 0 Å². The van der Waals surface area contributed by atoms with Crippen LogP contribution in [0.4, 0.5) is 5.69 Å². The fourth-order valence-electron chi connectivity index (χ4n) is 3.77. The number of fused-ring (bicyclic) bond motifs is 1. The molecule has 138 valence electrons. The molecular formula is C21H26ClN3O. The Morgan fingerprint density at radius 1 is 1.04 bits per heavy atom. The second kappa shape index (κ2) is 8.11. The van der Waals surface area contributed by atoms with E-state index in [0.29, 0.717) is 0 Å². The fourth-order valence-corrected chi connectivity index (χ4v) is 3.77. The number of para-hydroxylation sites is 1. The number of anilines is 1. The van der Waals surface area contributed by atoms with Crippen LogP contribution in [0.25, 0.3) is 0 Å². The number of amides is 1. The Kier molecular flexibility index (Phi) is 5.84. The SMILES string of the molecule is Cc1ccc(C(=O)N2CCN(Cc3cccc4c3NCC4)CC2)cc1.Cl. The number of hydrogen-bond acceptors (Lipinski definition) is 3. The molecule has 2 heterocycles. The summed E-state index contributed by atoms with van der Waals surface area (Å²) in [6, 6.07) is 14.5. The van der Waals surface area contributed by atoms with E-state index >= 15 is 0 Å². The highest BCUT2D eigenvalue weighted by molar-refractivity contribution is 5.94. The number of nitrogens with zero attached hydrogens (tertiary/aromatic N) is 2. The lowest BCUT2D eigenvalue weighted by molar-refractivity contribution is 0.0628. The molecule has 4 nitrogen and oxygen atoms in total. The monoisotopic (exact) mass is 371 g/mol. The van der Waals surface area contributed by atoms with Crippen LogP contribution in [0.1, 0.15) is 27.0 Å². The minimum atomic E-state index is 0. The maximum absolute atomic E-state index is 12.6. The van der Waals surface area contributed by atoms with Gasteiger partial charge in [-0.1, -0.05) is 35.9 Å². The molecule has 5 heteroatoms. The lowest BCUT2D eigenvalue weighted by Crippen LogP contribution is -2.48. The van der Waals surface area contributed by atoms with E-state index in [1.807, 2.05) is 36.1 Å². The minimum Gasteiger partial charge on any atom is -0.384 e. The van der Waals surface area contributed by atoms with Crippen LogP contribution >= 0.6 is 12.4 Å². The number of carbonyl (C=O) groups excluding carboxylic acids is 1. The molecule has 1 amide bonds. The number of nitrogens with one attached hydrogen (secondary N) is 1. The molecule has 0 radical (unpaired) electrons. The molecule has 0 spiro atoms. The summed E-state index contributed by atoms with van der Waals surface area (Å²) in [4.78, 5) is 17.1. The standard InChI is InChI=1S/C21H25N3O.ClH/c1-16-5-7-18(8-6-16)21(25)24-13-11-23(12-14-24)15-19-4-2-3-17-9-10-22-20(17)19;/h2-8,22H,9-15H2,1H3;1H. The van der Waals surface area contributed by atoms with Gasteiger partial charge in [0.15, 0.2) is 0 Å². The Labute approximate surface area is 161 Å². The summed E-state index contributed by atoms with van der Waals surface area (Å²) in [6.07, 6.45) is 1.13. The first-order chi connectivity index (χ1) is 12.2. The summed E-state index contributed by atoms with van der Waals surface area (Å²) in [6.45, 7) is 7.52. The average molecular weight is 372 g/mol. The molecule has 2 aliphatic rings. The highest BCUT2D eigenvalue weighted by atomic mass is 35.5. The zero-order valence-electron chi connectivity index (χ0n) is 15.2. The lowest BCUT2D eigenvalue weighted by atomic mass is 10.1. The molecule has 1 saturated heterocycles. The molecule has 0 bridgehead atoms. The van der Waals surface area contributed by atoms with Crippen LogP contribution in [0.5, 0.6) is 0 Å². The van der Waals surface area contributed by atoms with E-state index in [1.54, 1.807) is 0 Å². The third-order valence-electron chi connectivity index (χ3n) is 5.29. The molecule has 2 aromatic rings. The third-order valence-corrected chi connectivity index (χ3v) is 5.29. The number of aryl methyl sites for hydroxylation is 1. The largest absolute Gasteiger partial charge is 0.384 e. The van der Waals surface area contributed by atoms with Crippen molar-refractivity contribution >= 4 is 24.0 Å². The van der Waals surface area contributed by atoms with Gasteiger partial charge in [0.2, 0.25) is 0 Å². The summed E-state index contributed by atoms with van der Waals surface area (Å²) in [5, 5.41) is 3.52. The number of rotatable bonds is 3. The molecule has 0 atom stereocenters. The Hall–Kier alpha value is -2.04. The van der Waals surface area contributed by atoms with Crippen LogP contribution in [0.3, 0.4) is 0 Å². The maximum Gasteiger partial charge on any atom is 0.253 e. The molecular weight excluding hydrogens is 346 g/mol. The molecule has 0 saturated carbocycles. The number of benzene rings is 2. The Bertz CT molecular complexity index is 767. The van der Waals surface area contributed by atoms with Crippen molar-refractivity contribution < 1.29 is 4.79 Å². The van der Waals surface area contributed by atoms with E-state index in [1.165, 1.54) is 22.4 Å². The average Bonchev–Trinajstić information content (AvgIpc) is 3.12. The zero-order valence-corrected chi connectivity index (χ0v) is 16.0. The van der Waals surface area contributed by atoms with Crippen molar-refractivity contribution in [1.82, 2.24) is 9.80 Å². The van der Waals surface area contributed by atoms with Crippen LogP contribution in [-0.2, 0) is 13.0 Å². The van der Waals surface area contributed by atoms with Crippen molar-refractivity contribution in [3.05, 3.63) is 64.7 Å². The first-order valence-electron chi connectivity index (χ1n) is 9.13. The first-order valence-corrected chi connectivity index (χ1v) is 9.13. The number of piperazine rings is 1. The summed E-state index contributed by atoms with van der Waals surface area (Å²) >= 11 is 0. The highest BCUT2D eigenvalue weighted by Crippen LogP contribution is 2.27. The molecule has 4 rings (SSSR count). The van der Waals surface area contributed by atoms with Crippen molar-refractivity contribution in [3.63, 3.8) is 0 Å². The van der Waals surface area contributed by atoms with Crippen molar-refractivity contribution in [2.75, 3.05) is 38.0 Å². The normalized spacial score (nSPS) is 16.6. The van der Waals surface area contributed by atoms with Gasteiger partial charge in [-0.3, -0.25) is 9.69 Å². The van der Waals surface area contributed by atoms with Crippen LogP contribution in [0.15, 0.2) is 42.5 Å². The number of carbonyl (C=O) groups is 1.